The molecule has 1 aliphatic heterocycles. The van der Waals surface area contributed by atoms with E-state index in [1.54, 1.807) is 19.2 Å². The summed E-state index contributed by atoms with van der Waals surface area (Å²) in [6.07, 6.45) is 6.26. The number of hydrogen-bond acceptors (Lipinski definition) is 6. The highest BCUT2D eigenvalue weighted by atomic mass is 35.5. The van der Waals surface area contributed by atoms with Crippen LogP contribution in [0.25, 0.3) is 0 Å². The van der Waals surface area contributed by atoms with Gasteiger partial charge >= 0.3 is 16.2 Å². The molecule has 1 fully saturated rings. The first-order valence-electron chi connectivity index (χ1n) is 10.4. The lowest BCUT2D eigenvalue weighted by Crippen LogP contribution is -2.51. The number of unbranched alkanes of at least 4 members (excludes halogenated alkanes) is 1. The number of hydrogen-bond donors (Lipinski definition) is 1. The second-order valence-electron chi connectivity index (χ2n) is 7.63. The van der Waals surface area contributed by atoms with Crippen molar-refractivity contribution in [1.82, 2.24) is 14.2 Å². The number of aromatic nitrogens is 2. The molecule has 0 unspecified atom stereocenters. The lowest BCUT2D eigenvalue weighted by Gasteiger charge is -2.39. The fourth-order valence-corrected chi connectivity index (χ4v) is 5.20. The van der Waals surface area contributed by atoms with Gasteiger partial charge in [-0.3, -0.25) is 9.15 Å². The summed E-state index contributed by atoms with van der Waals surface area (Å²) in [5.41, 5.74) is 1.34. The monoisotopic (exact) mass is 484 g/mol. The second kappa shape index (κ2) is 10.5. The van der Waals surface area contributed by atoms with E-state index in [4.69, 9.17) is 16.3 Å². The highest BCUT2D eigenvalue weighted by Gasteiger charge is 2.35. The van der Waals surface area contributed by atoms with E-state index < -0.39 is 26.8 Å². The molecular weight excluding hydrogens is 458 g/mol. The van der Waals surface area contributed by atoms with E-state index in [0.29, 0.717) is 31.1 Å². The van der Waals surface area contributed by atoms with E-state index in [0.717, 1.165) is 29.1 Å². The number of amides is 2. The van der Waals surface area contributed by atoms with Crippen LogP contribution in [-0.4, -0.2) is 48.0 Å². The maximum Gasteiger partial charge on any atom is 0.326 e. The van der Waals surface area contributed by atoms with Crippen LogP contribution in [0.15, 0.2) is 30.6 Å². The number of nitrogens with one attached hydrogen (secondary N) is 1. The van der Waals surface area contributed by atoms with Crippen molar-refractivity contribution >= 4 is 39.2 Å². The Bertz CT molecular complexity index is 1040. The van der Waals surface area contributed by atoms with Crippen LogP contribution < -0.4 is 9.62 Å². The lowest BCUT2D eigenvalue weighted by atomic mass is 10.1. The van der Waals surface area contributed by atoms with E-state index >= 15 is 0 Å². The molecule has 0 radical (unpaired) electrons. The van der Waals surface area contributed by atoms with Gasteiger partial charge < -0.3 is 15.3 Å². The number of nitrogens with zero attached hydrogens (tertiary/aromatic N) is 4. The van der Waals surface area contributed by atoms with E-state index in [9.17, 15) is 18.4 Å². The van der Waals surface area contributed by atoms with E-state index in [1.165, 1.54) is 23.1 Å². The number of ether oxygens (including phenoxy) is 1. The normalized spacial score (nSPS) is 14.9. The molecule has 32 heavy (non-hydrogen) atoms. The van der Waals surface area contributed by atoms with E-state index in [1.807, 2.05) is 0 Å². The van der Waals surface area contributed by atoms with Gasteiger partial charge in [-0.1, -0.05) is 24.9 Å². The van der Waals surface area contributed by atoms with Crippen molar-refractivity contribution in [3.63, 3.8) is 0 Å². The predicted octanol–water partition coefficient (Wildman–Crippen LogP) is 3.68. The quantitative estimate of drug-likeness (QED) is 0.570. The van der Waals surface area contributed by atoms with E-state index in [-0.39, 0.29) is 11.4 Å². The number of rotatable bonds is 8. The Morgan fingerprint density at radius 1 is 1.34 bits per heavy atom. The summed E-state index contributed by atoms with van der Waals surface area (Å²) in [6.45, 7) is 2.76. The van der Waals surface area contributed by atoms with Crippen LogP contribution in [0.2, 0.25) is 5.02 Å². The van der Waals surface area contributed by atoms with Crippen LogP contribution in [0.3, 0.4) is 0 Å². The molecule has 0 saturated carbocycles. The SMILES string of the molecule is CCCCc1cc(Cl)cc(NC(=O)N([O-])S(=O)(=O)N(c2cnn(C)c2)C2CCOCC2)c1. The number of urea groups is 1. The minimum absolute atomic E-state index is 0.206. The molecule has 1 saturated heterocycles. The average molecular weight is 485 g/mol. The summed E-state index contributed by atoms with van der Waals surface area (Å²) in [6, 6.07) is 3.06. The van der Waals surface area contributed by atoms with Gasteiger partial charge in [-0.15, -0.1) is 0 Å². The van der Waals surface area contributed by atoms with Gasteiger partial charge in [0.05, 0.1) is 17.9 Å². The molecule has 1 N–H and O–H groups in total. The Kier molecular flexibility index (Phi) is 7.99. The summed E-state index contributed by atoms with van der Waals surface area (Å²) in [5.74, 6) is 0. The molecule has 0 bridgehead atoms. The Balaban J connectivity index is 1.84. The number of halogens is 1. The molecule has 2 heterocycles. The number of anilines is 2. The van der Waals surface area contributed by atoms with Gasteiger partial charge in [0.25, 0.3) is 0 Å². The van der Waals surface area contributed by atoms with Crippen molar-refractivity contribution in [2.24, 2.45) is 7.05 Å². The second-order valence-corrected chi connectivity index (χ2v) is 9.69. The maximum absolute atomic E-state index is 13.2. The van der Waals surface area contributed by atoms with Gasteiger partial charge in [0.2, 0.25) is 0 Å². The summed E-state index contributed by atoms with van der Waals surface area (Å²) in [7, 11) is -3.10. The first-order chi connectivity index (χ1) is 15.2. The van der Waals surface area contributed by atoms with Gasteiger partial charge in [-0.25, -0.2) is 9.10 Å². The fraction of sp³-hybridized carbons (Fsp3) is 0.500. The van der Waals surface area contributed by atoms with Crippen LogP contribution in [-0.2, 0) is 28.4 Å². The third kappa shape index (κ3) is 5.71. The summed E-state index contributed by atoms with van der Waals surface area (Å²) >= 11 is 6.13. The molecule has 12 heteroatoms. The van der Waals surface area contributed by atoms with Gasteiger partial charge in [-0.05, 0) is 49.4 Å². The summed E-state index contributed by atoms with van der Waals surface area (Å²) < 4.78 is 33.6. The van der Waals surface area contributed by atoms with Crippen LogP contribution in [0.5, 0.6) is 0 Å². The highest BCUT2D eigenvalue weighted by molar-refractivity contribution is 7.91. The molecule has 1 aliphatic rings. The van der Waals surface area contributed by atoms with Gasteiger partial charge in [0, 0.05) is 37.2 Å². The van der Waals surface area contributed by atoms with Gasteiger partial charge in [-0.2, -0.15) is 13.5 Å². The minimum atomic E-state index is -4.74. The van der Waals surface area contributed by atoms with Crippen molar-refractivity contribution in [3.05, 3.63) is 46.4 Å². The number of aryl methyl sites for hydroxylation is 2. The molecule has 2 aromatic rings. The number of benzene rings is 1. The number of carbonyl (C=O) groups is 1. The van der Waals surface area contributed by atoms with Gasteiger partial charge in [0.15, 0.2) is 0 Å². The molecule has 0 aliphatic carbocycles. The predicted molar refractivity (Wildman–Crippen MR) is 123 cm³/mol. The van der Waals surface area contributed by atoms with Crippen LogP contribution >= 0.6 is 11.6 Å². The smallest absolute Gasteiger partial charge is 0.326 e. The molecule has 1 aromatic carbocycles. The molecule has 176 valence electrons. The Hall–Kier alpha value is -2.34. The third-order valence-corrected chi connectivity index (χ3v) is 6.93. The highest BCUT2D eigenvalue weighted by Crippen LogP contribution is 2.28. The molecule has 0 spiro atoms. The van der Waals surface area contributed by atoms with Crippen molar-refractivity contribution in [1.29, 1.82) is 0 Å². The lowest BCUT2D eigenvalue weighted by molar-refractivity contribution is 0.0874. The fourth-order valence-electron chi connectivity index (χ4n) is 3.58. The first kappa shape index (κ1) is 24.3. The molecule has 10 nitrogen and oxygen atoms in total. The molecule has 1 aromatic heterocycles. The molecular formula is C20H27ClN5O5S-. The number of carbonyl (C=O) groups excluding carboxylic acids is 1. The van der Waals surface area contributed by atoms with Crippen molar-refractivity contribution in [2.75, 3.05) is 22.8 Å². The molecule has 3 rings (SSSR count). The van der Waals surface area contributed by atoms with Gasteiger partial charge in [0.1, 0.15) is 0 Å². The Morgan fingerprint density at radius 2 is 2.06 bits per heavy atom. The van der Waals surface area contributed by atoms with Crippen molar-refractivity contribution < 1.29 is 17.9 Å². The van der Waals surface area contributed by atoms with E-state index in [2.05, 4.69) is 17.3 Å². The number of hydroxylamine groups is 1. The van der Waals surface area contributed by atoms with Crippen LogP contribution in [0.4, 0.5) is 16.2 Å². The van der Waals surface area contributed by atoms with Crippen LogP contribution in [0, 0.1) is 5.21 Å². The van der Waals surface area contributed by atoms with Crippen molar-refractivity contribution in [2.45, 2.75) is 45.1 Å². The first-order valence-corrected chi connectivity index (χ1v) is 12.2. The molecule has 2 amide bonds. The zero-order valence-electron chi connectivity index (χ0n) is 18.0. The van der Waals surface area contributed by atoms with Crippen molar-refractivity contribution in [3.8, 4) is 0 Å². The Morgan fingerprint density at radius 3 is 2.69 bits per heavy atom. The molecule has 0 atom stereocenters. The minimum Gasteiger partial charge on any atom is -0.740 e. The topological polar surface area (TPSA) is 120 Å². The standard InChI is InChI=1S/C20H27ClN5O5S/c1-3-4-5-15-10-16(21)12-17(11-15)23-20(27)26(28)32(29,30)25(18-6-8-31-9-7-18)19-13-22-24(2)14-19/h10-14,18H,3-9H2,1-2H3,(H,23,27)/q-1. The van der Waals surface area contributed by atoms with Crippen LogP contribution in [0.1, 0.15) is 38.2 Å². The largest absolute Gasteiger partial charge is 0.740 e. The zero-order valence-corrected chi connectivity index (χ0v) is 19.6. The Labute approximate surface area is 192 Å². The average Bonchev–Trinajstić information content (AvgIpc) is 3.17. The summed E-state index contributed by atoms with van der Waals surface area (Å²) in [5, 5.41) is 19.5. The third-order valence-electron chi connectivity index (χ3n) is 5.12. The zero-order chi connectivity index (χ0) is 23.3. The summed E-state index contributed by atoms with van der Waals surface area (Å²) in [4.78, 5) is 12.6. The maximum atomic E-state index is 13.2.